The number of halogens is 1. The molecular formula is C9H14ClNO2S. The van der Waals surface area contributed by atoms with E-state index in [4.69, 9.17) is 16.3 Å². The minimum Gasteiger partial charge on any atom is -0.386 e. The van der Waals surface area contributed by atoms with Gasteiger partial charge in [0.05, 0.1) is 16.5 Å². The molecule has 0 fully saturated rings. The molecule has 1 heterocycles. The average molecular weight is 236 g/mol. The average Bonchev–Trinajstić information content (AvgIpc) is 2.59. The molecule has 2 N–H and O–H groups in total. The first-order chi connectivity index (χ1) is 6.75. The zero-order valence-corrected chi connectivity index (χ0v) is 9.57. The Morgan fingerprint density at radius 2 is 2.50 bits per heavy atom. The minimum atomic E-state index is -0.528. The smallest absolute Gasteiger partial charge is 0.102 e. The predicted octanol–water partition coefficient (Wildman–Crippen LogP) is 1.67. The van der Waals surface area contributed by atoms with Crippen molar-refractivity contribution in [3.8, 4) is 0 Å². The van der Waals surface area contributed by atoms with Gasteiger partial charge in [0, 0.05) is 20.2 Å². The van der Waals surface area contributed by atoms with E-state index in [1.807, 2.05) is 5.38 Å². The lowest BCUT2D eigenvalue weighted by Gasteiger charge is -2.10. The van der Waals surface area contributed by atoms with Gasteiger partial charge in [-0.3, -0.25) is 0 Å². The Balaban J connectivity index is 2.28. The van der Waals surface area contributed by atoms with Crippen LogP contribution in [0.4, 0.5) is 0 Å². The molecule has 0 aromatic carbocycles. The topological polar surface area (TPSA) is 41.5 Å². The standard InChI is InChI=1S/C9H14ClNO2S/c1-13-4-3-11-6-8(12)9-7(10)2-5-14-9/h2,5,8,11-12H,3-4,6H2,1H3. The maximum absolute atomic E-state index is 9.71. The van der Waals surface area contributed by atoms with E-state index in [-0.39, 0.29) is 0 Å². The van der Waals surface area contributed by atoms with Crippen molar-refractivity contribution in [3.05, 3.63) is 21.3 Å². The molecule has 14 heavy (non-hydrogen) atoms. The molecule has 0 saturated heterocycles. The number of thiophene rings is 1. The van der Waals surface area contributed by atoms with Gasteiger partial charge < -0.3 is 15.2 Å². The summed E-state index contributed by atoms with van der Waals surface area (Å²) in [5.41, 5.74) is 0. The van der Waals surface area contributed by atoms with E-state index < -0.39 is 6.10 Å². The highest BCUT2D eigenvalue weighted by Crippen LogP contribution is 2.27. The number of aliphatic hydroxyl groups is 1. The molecule has 1 atom stereocenters. The molecule has 0 aliphatic heterocycles. The number of nitrogens with one attached hydrogen (secondary N) is 1. The van der Waals surface area contributed by atoms with Crippen LogP contribution < -0.4 is 5.32 Å². The molecule has 0 aliphatic rings. The maximum atomic E-state index is 9.71. The van der Waals surface area contributed by atoms with Crippen LogP contribution in [-0.2, 0) is 4.74 Å². The first-order valence-electron chi connectivity index (χ1n) is 4.36. The molecule has 1 rings (SSSR count). The molecule has 0 aliphatic carbocycles. The van der Waals surface area contributed by atoms with Gasteiger partial charge in [-0.1, -0.05) is 11.6 Å². The van der Waals surface area contributed by atoms with Gasteiger partial charge in [0.15, 0.2) is 0 Å². The van der Waals surface area contributed by atoms with Gasteiger partial charge in [0.1, 0.15) is 6.10 Å². The normalized spacial score (nSPS) is 13.1. The summed E-state index contributed by atoms with van der Waals surface area (Å²) in [5.74, 6) is 0. The van der Waals surface area contributed by atoms with Crippen LogP contribution >= 0.6 is 22.9 Å². The van der Waals surface area contributed by atoms with Gasteiger partial charge in [0.2, 0.25) is 0 Å². The van der Waals surface area contributed by atoms with Gasteiger partial charge in [-0.05, 0) is 11.4 Å². The summed E-state index contributed by atoms with van der Waals surface area (Å²) >= 11 is 7.34. The Labute approximate surface area is 92.7 Å². The van der Waals surface area contributed by atoms with E-state index in [1.54, 1.807) is 13.2 Å². The highest BCUT2D eigenvalue weighted by molar-refractivity contribution is 7.10. The first-order valence-corrected chi connectivity index (χ1v) is 5.62. The van der Waals surface area contributed by atoms with Crippen LogP contribution in [0, 0.1) is 0 Å². The number of aliphatic hydroxyl groups excluding tert-OH is 1. The number of hydrogen-bond acceptors (Lipinski definition) is 4. The molecule has 1 unspecified atom stereocenters. The van der Waals surface area contributed by atoms with E-state index in [2.05, 4.69) is 5.32 Å². The highest BCUT2D eigenvalue weighted by atomic mass is 35.5. The zero-order chi connectivity index (χ0) is 10.4. The SMILES string of the molecule is COCCNCC(O)c1sccc1Cl. The molecule has 0 bridgehead atoms. The molecule has 0 spiro atoms. The van der Waals surface area contributed by atoms with Crippen LogP contribution in [0.1, 0.15) is 11.0 Å². The Morgan fingerprint density at radius 1 is 1.71 bits per heavy atom. The third-order valence-corrected chi connectivity index (χ3v) is 3.23. The van der Waals surface area contributed by atoms with Crippen molar-refractivity contribution in [1.29, 1.82) is 0 Å². The molecule has 1 aromatic heterocycles. The number of rotatable bonds is 6. The number of methoxy groups -OCH3 is 1. The van der Waals surface area contributed by atoms with Crippen molar-refractivity contribution >= 4 is 22.9 Å². The Kier molecular flexibility index (Phi) is 5.44. The van der Waals surface area contributed by atoms with Crippen LogP contribution in [0.25, 0.3) is 0 Å². The van der Waals surface area contributed by atoms with Gasteiger partial charge in [-0.25, -0.2) is 0 Å². The Bertz CT molecular complexity index is 267. The third-order valence-electron chi connectivity index (χ3n) is 1.77. The lowest BCUT2D eigenvalue weighted by Crippen LogP contribution is -2.24. The van der Waals surface area contributed by atoms with E-state index in [0.29, 0.717) is 18.2 Å². The molecule has 0 amide bonds. The summed E-state index contributed by atoms with van der Waals surface area (Å²) in [6.45, 7) is 1.88. The van der Waals surface area contributed by atoms with Crippen LogP contribution in [0.15, 0.2) is 11.4 Å². The summed E-state index contributed by atoms with van der Waals surface area (Å²) < 4.78 is 4.87. The lowest BCUT2D eigenvalue weighted by molar-refractivity contribution is 0.164. The van der Waals surface area contributed by atoms with E-state index in [0.717, 1.165) is 11.4 Å². The van der Waals surface area contributed by atoms with Crippen molar-refractivity contribution in [2.45, 2.75) is 6.10 Å². The number of hydrogen-bond donors (Lipinski definition) is 2. The first kappa shape index (κ1) is 11.9. The molecule has 5 heteroatoms. The predicted molar refractivity (Wildman–Crippen MR) is 59.0 cm³/mol. The number of ether oxygens (including phenoxy) is 1. The molecule has 0 radical (unpaired) electrons. The summed E-state index contributed by atoms with van der Waals surface area (Å²) in [6, 6.07) is 1.79. The summed E-state index contributed by atoms with van der Waals surface area (Å²) in [5, 5.41) is 15.3. The maximum Gasteiger partial charge on any atom is 0.102 e. The zero-order valence-electron chi connectivity index (χ0n) is 8.00. The van der Waals surface area contributed by atoms with E-state index in [1.165, 1.54) is 11.3 Å². The Morgan fingerprint density at radius 3 is 3.07 bits per heavy atom. The molecule has 80 valence electrons. The van der Waals surface area contributed by atoms with E-state index in [9.17, 15) is 5.11 Å². The summed E-state index contributed by atoms with van der Waals surface area (Å²) in [4.78, 5) is 0.816. The van der Waals surface area contributed by atoms with Crippen molar-refractivity contribution in [1.82, 2.24) is 5.32 Å². The Hall–Kier alpha value is -0.130. The van der Waals surface area contributed by atoms with Crippen LogP contribution in [0.5, 0.6) is 0 Å². The van der Waals surface area contributed by atoms with Crippen molar-refractivity contribution in [2.75, 3.05) is 26.8 Å². The van der Waals surface area contributed by atoms with Gasteiger partial charge in [-0.15, -0.1) is 11.3 Å². The lowest BCUT2D eigenvalue weighted by atomic mass is 10.3. The van der Waals surface area contributed by atoms with Crippen molar-refractivity contribution in [2.24, 2.45) is 0 Å². The molecule has 3 nitrogen and oxygen atoms in total. The fraction of sp³-hybridized carbons (Fsp3) is 0.556. The minimum absolute atomic E-state index is 0.504. The van der Waals surface area contributed by atoms with Crippen LogP contribution in [0.2, 0.25) is 5.02 Å². The van der Waals surface area contributed by atoms with Gasteiger partial charge in [-0.2, -0.15) is 0 Å². The van der Waals surface area contributed by atoms with Crippen LogP contribution in [-0.4, -0.2) is 31.9 Å². The summed E-state index contributed by atoms with van der Waals surface area (Å²) in [7, 11) is 1.65. The molecule has 1 aromatic rings. The molecular weight excluding hydrogens is 222 g/mol. The summed E-state index contributed by atoms with van der Waals surface area (Å²) in [6.07, 6.45) is -0.528. The second kappa shape index (κ2) is 6.37. The fourth-order valence-corrected chi connectivity index (χ4v) is 2.22. The largest absolute Gasteiger partial charge is 0.386 e. The van der Waals surface area contributed by atoms with E-state index >= 15 is 0 Å². The second-order valence-electron chi connectivity index (χ2n) is 2.85. The van der Waals surface area contributed by atoms with Gasteiger partial charge in [0.25, 0.3) is 0 Å². The fourth-order valence-electron chi connectivity index (χ4n) is 1.05. The highest BCUT2D eigenvalue weighted by Gasteiger charge is 2.11. The van der Waals surface area contributed by atoms with Crippen LogP contribution in [0.3, 0.4) is 0 Å². The third kappa shape index (κ3) is 3.55. The second-order valence-corrected chi connectivity index (χ2v) is 4.20. The van der Waals surface area contributed by atoms with Crippen molar-refractivity contribution < 1.29 is 9.84 Å². The quantitative estimate of drug-likeness (QED) is 0.738. The monoisotopic (exact) mass is 235 g/mol. The molecule has 0 saturated carbocycles. The van der Waals surface area contributed by atoms with Gasteiger partial charge >= 0.3 is 0 Å². The van der Waals surface area contributed by atoms with Crippen molar-refractivity contribution in [3.63, 3.8) is 0 Å².